The van der Waals surface area contributed by atoms with E-state index in [0.29, 0.717) is 35.0 Å². The Kier molecular flexibility index (Phi) is 6.15. The number of hydrogen-bond donors (Lipinski definition) is 1. The number of rotatable bonds is 7. The van der Waals surface area contributed by atoms with Crippen LogP contribution in [0.4, 0.5) is 0 Å². The monoisotopic (exact) mass is 477 g/mol. The molecule has 0 bridgehead atoms. The average molecular weight is 478 g/mol. The molecule has 1 N–H and O–H groups in total. The van der Waals surface area contributed by atoms with Gasteiger partial charge >= 0.3 is 5.97 Å². The van der Waals surface area contributed by atoms with Crippen LogP contribution in [0.25, 0.3) is 10.9 Å². The Bertz CT molecular complexity index is 1260. The number of benzene rings is 2. The average Bonchev–Trinajstić information content (AvgIpc) is 3.29. The predicted molar refractivity (Wildman–Crippen MR) is 121 cm³/mol. The molecular formula is C22H24ClN3O5S. The van der Waals surface area contributed by atoms with Gasteiger partial charge in [0.25, 0.3) is 0 Å². The quantitative estimate of drug-likeness (QED) is 0.558. The van der Waals surface area contributed by atoms with Crippen molar-refractivity contribution in [3.8, 4) is 5.75 Å². The van der Waals surface area contributed by atoms with Crippen LogP contribution in [-0.2, 0) is 21.2 Å². The lowest BCUT2D eigenvalue weighted by molar-refractivity contribution is -0.136. The molecule has 3 aromatic rings. The lowest BCUT2D eigenvalue weighted by Gasteiger charge is -2.18. The molecular weight excluding hydrogens is 454 g/mol. The maximum absolute atomic E-state index is 13.2. The minimum absolute atomic E-state index is 0.0241. The van der Waals surface area contributed by atoms with Crippen LogP contribution in [0, 0.1) is 5.92 Å². The summed E-state index contributed by atoms with van der Waals surface area (Å²) in [5.74, 6) is -0.397. The van der Waals surface area contributed by atoms with E-state index in [9.17, 15) is 18.3 Å². The fourth-order valence-corrected chi connectivity index (χ4v) is 5.88. The summed E-state index contributed by atoms with van der Waals surface area (Å²) in [5, 5.41) is 15.0. The van der Waals surface area contributed by atoms with Gasteiger partial charge in [-0.05, 0) is 55.3 Å². The normalized spacial score (nSPS) is 19.5. The predicted octanol–water partition coefficient (Wildman–Crippen LogP) is 3.60. The van der Waals surface area contributed by atoms with Crippen molar-refractivity contribution < 1.29 is 23.1 Å². The van der Waals surface area contributed by atoms with E-state index in [-0.39, 0.29) is 29.8 Å². The molecule has 1 fully saturated rings. The third-order valence-corrected chi connectivity index (χ3v) is 7.77. The van der Waals surface area contributed by atoms with Crippen molar-refractivity contribution in [2.24, 2.45) is 5.92 Å². The molecule has 0 amide bonds. The van der Waals surface area contributed by atoms with E-state index in [0.717, 1.165) is 5.52 Å². The van der Waals surface area contributed by atoms with E-state index in [4.69, 9.17) is 16.3 Å². The van der Waals surface area contributed by atoms with E-state index in [1.807, 2.05) is 13.8 Å². The third-order valence-electron chi connectivity index (χ3n) is 5.69. The molecule has 1 aliphatic heterocycles. The minimum Gasteiger partial charge on any atom is -0.494 e. The van der Waals surface area contributed by atoms with Crippen LogP contribution < -0.4 is 4.74 Å². The van der Waals surface area contributed by atoms with E-state index in [1.54, 1.807) is 47.1 Å². The van der Waals surface area contributed by atoms with Gasteiger partial charge in [-0.25, -0.2) is 8.42 Å². The van der Waals surface area contributed by atoms with Gasteiger partial charge in [-0.15, -0.1) is 0 Å². The Labute approximate surface area is 191 Å². The highest BCUT2D eigenvalue weighted by Gasteiger charge is 2.39. The number of aliphatic carboxylic acids is 1. The number of aromatic nitrogens is 2. The summed E-state index contributed by atoms with van der Waals surface area (Å²) in [6.07, 6.45) is -0.237. The van der Waals surface area contributed by atoms with Gasteiger partial charge in [0, 0.05) is 23.5 Å². The van der Waals surface area contributed by atoms with Crippen LogP contribution in [-0.4, -0.2) is 53.3 Å². The minimum atomic E-state index is -3.69. The van der Waals surface area contributed by atoms with Crippen molar-refractivity contribution in [1.29, 1.82) is 0 Å². The Morgan fingerprint density at radius 1 is 1.22 bits per heavy atom. The van der Waals surface area contributed by atoms with Crippen LogP contribution in [0.1, 0.15) is 25.6 Å². The molecule has 10 heteroatoms. The number of halogens is 1. The van der Waals surface area contributed by atoms with E-state index in [2.05, 4.69) is 5.10 Å². The first-order chi connectivity index (χ1) is 15.2. The largest absolute Gasteiger partial charge is 0.494 e. The molecule has 4 rings (SSSR count). The standard InChI is InChI=1S/C22H24ClN3O5S/c1-3-31-16-5-7-17(8-6-16)32(29,30)25-12-14(2)21(13-25)26-20-9-4-15(23)10-18(20)19(24-26)11-22(27)28/h4-10,14,21H,3,11-13H2,1-2H3,(H,27,28)/t14-,21+/m1/s1. The van der Waals surface area contributed by atoms with Crippen LogP contribution in [0.5, 0.6) is 5.75 Å². The first-order valence-electron chi connectivity index (χ1n) is 10.3. The number of sulfonamides is 1. The molecule has 1 saturated heterocycles. The zero-order valence-electron chi connectivity index (χ0n) is 17.7. The van der Waals surface area contributed by atoms with Crippen LogP contribution >= 0.6 is 11.6 Å². The van der Waals surface area contributed by atoms with Gasteiger partial charge in [-0.1, -0.05) is 18.5 Å². The van der Waals surface area contributed by atoms with Gasteiger partial charge in [0.15, 0.2) is 0 Å². The van der Waals surface area contributed by atoms with Gasteiger partial charge in [0.05, 0.1) is 35.2 Å². The number of ether oxygens (including phenoxy) is 1. The van der Waals surface area contributed by atoms with Crippen molar-refractivity contribution in [3.63, 3.8) is 0 Å². The lowest BCUT2D eigenvalue weighted by Crippen LogP contribution is -2.29. The summed E-state index contributed by atoms with van der Waals surface area (Å²) < 4.78 is 35.1. The molecule has 0 unspecified atom stereocenters. The second-order valence-electron chi connectivity index (χ2n) is 7.89. The van der Waals surface area contributed by atoms with Gasteiger partial charge in [-0.3, -0.25) is 9.48 Å². The number of nitrogens with zero attached hydrogens (tertiary/aromatic N) is 3. The van der Waals surface area contributed by atoms with Gasteiger partial charge in [0.2, 0.25) is 10.0 Å². The van der Waals surface area contributed by atoms with Gasteiger partial charge in [-0.2, -0.15) is 9.40 Å². The lowest BCUT2D eigenvalue weighted by atomic mass is 10.1. The van der Waals surface area contributed by atoms with Gasteiger partial charge < -0.3 is 9.84 Å². The zero-order chi connectivity index (χ0) is 23.0. The number of hydrogen-bond acceptors (Lipinski definition) is 5. The molecule has 0 aliphatic carbocycles. The van der Waals surface area contributed by atoms with Crippen LogP contribution in [0.2, 0.25) is 5.02 Å². The van der Waals surface area contributed by atoms with E-state index < -0.39 is 16.0 Å². The molecule has 2 aromatic carbocycles. The van der Waals surface area contributed by atoms with E-state index in [1.165, 1.54) is 4.31 Å². The molecule has 1 aromatic heterocycles. The van der Waals surface area contributed by atoms with Crippen LogP contribution in [0.15, 0.2) is 47.4 Å². The SMILES string of the molecule is CCOc1ccc(S(=O)(=O)N2C[C@@H](C)[C@@H](n3nc(CC(=O)O)c4cc(Cl)ccc43)C2)cc1. The molecule has 2 heterocycles. The maximum Gasteiger partial charge on any atom is 0.309 e. The fourth-order valence-electron chi connectivity index (χ4n) is 4.15. The number of carboxylic acid groups (broad SMARTS) is 1. The van der Waals surface area contributed by atoms with Crippen molar-refractivity contribution in [2.45, 2.75) is 31.2 Å². The summed E-state index contributed by atoms with van der Waals surface area (Å²) in [7, 11) is -3.69. The fraction of sp³-hybridized carbons (Fsp3) is 0.364. The Morgan fingerprint density at radius 3 is 2.59 bits per heavy atom. The van der Waals surface area contributed by atoms with E-state index >= 15 is 0 Å². The highest BCUT2D eigenvalue weighted by molar-refractivity contribution is 7.89. The van der Waals surface area contributed by atoms with Crippen molar-refractivity contribution in [3.05, 3.63) is 53.2 Å². The molecule has 1 aliphatic rings. The summed E-state index contributed by atoms with van der Waals surface area (Å²) in [4.78, 5) is 11.5. The smallest absolute Gasteiger partial charge is 0.309 e. The van der Waals surface area contributed by atoms with Crippen LogP contribution in [0.3, 0.4) is 0 Å². The van der Waals surface area contributed by atoms with Gasteiger partial charge in [0.1, 0.15) is 5.75 Å². The molecule has 170 valence electrons. The van der Waals surface area contributed by atoms with Crippen molar-refractivity contribution in [1.82, 2.24) is 14.1 Å². The number of carbonyl (C=O) groups is 1. The number of fused-ring (bicyclic) bond motifs is 1. The molecule has 32 heavy (non-hydrogen) atoms. The molecule has 0 spiro atoms. The maximum atomic E-state index is 13.2. The second-order valence-corrected chi connectivity index (χ2v) is 10.3. The summed E-state index contributed by atoms with van der Waals surface area (Å²) in [6, 6.07) is 11.4. The zero-order valence-corrected chi connectivity index (χ0v) is 19.3. The molecule has 0 saturated carbocycles. The first kappa shape index (κ1) is 22.6. The highest BCUT2D eigenvalue weighted by Crippen LogP contribution is 2.35. The number of carboxylic acids is 1. The Balaban J connectivity index is 1.66. The molecule has 8 nitrogen and oxygen atoms in total. The Hall–Kier alpha value is -2.62. The van der Waals surface area contributed by atoms with Crippen molar-refractivity contribution in [2.75, 3.05) is 19.7 Å². The summed E-state index contributed by atoms with van der Waals surface area (Å²) in [6.45, 7) is 4.92. The second kappa shape index (κ2) is 8.73. The highest BCUT2D eigenvalue weighted by atomic mass is 35.5. The topological polar surface area (TPSA) is 102 Å². The van der Waals surface area contributed by atoms with Crippen molar-refractivity contribution >= 4 is 38.5 Å². The third kappa shape index (κ3) is 4.20. The first-order valence-corrected chi connectivity index (χ1v) is 12.1. The molecule has 0 radical (unpaired) electrons. The summed E-state index contributed by atoms with van der Waals surface area (Å²) >= 11 is 6.13. The Morgan fingerprint density at radius 2 is 1.94 bits per heavy atom. The molecule has 2 atom stereocenters. The summed E-state index contributed by atoms with van der Waals surface area (Å²) in [5.41, 5.74) is 1.15.